The van der Waals surface area contributed by atoms with Crippen LogP contribution in [-0.2, 0) is 20.8 Å². The van der Waals surface area contributed by atoms with Crippen LogP contribution in [0.2, 0.25) is 0 Å². The first-order valence-corrected chi connectivity index (χ1v) is 8.53. The van der Waals surface area contributed by atoms with Crippen molar-refractivity contribution in [3.63, 3.8) is 0 Å². The van der Waals surface area contributed by atoms with E-state index >= 15 is 0 Å². The van der Waals surface area contributed by atoms with Gasteiger partial charge >= 0.3 is 12.1 Å². The first-order valence-electron chi connectivity index (χ1n) is 8.53. The molecule has 0 aromatic heterocycles. The summed E-state index contributed by atoms with van der Waals surface area (Å²) in [5, 5.41) is 13.3. The number of carbonyl (C=O) groups is 2. The minimum atomic E-state index is -0.971. The number of methoxy groups -OCH3 is 2. The Labute approximate surface area is 153 Å². The Morgan fingerprint density at radius 2 is 1.92 bits per heavy atom. The fourth-order valence-electron chi connectivity index (χ4n) is 2.83. The van der Waals surface area contributed by atoms with E-state index < -0.39 is 29.2 Å². The van der Waals surface area contributed by atoms with Gasteiger partial charge in [0.25, 0.3) is 0 Å². The minimum absolute atomic E-state index is 0.171. The number of ether oxygens (including phenoxy) is 3. The molecule has 1 unspecified atom stereocenters. The molecule has 1 saturated carbocycles. The second kappa shape index (κ2) is 7.53. The van der Waals surface area contributed by atoms with Crippen molar-refractivity contribution in [2.75, 3.05) is 14.2 Å². The zero-order chi connectivity index (χ0) is 19.5. The molecule has 1 atom stereocenters. The summed E-state index contributed by atoms with van der Waals surface area (Å²) < 4.78 is 15.4. The molecule has 7 heteroatoms. The summed E-state index contributed by atoms with van der Waals surface area (Å²) in [5.74, 6) is 0.161. The second-order valence-electron chi connectivity index (χ2n) is 7.48. The summed E-state index contributed by atoms with van der Waals surface area (Å²) >= 11 is 0. The number of carbonyl (C=O) groups excluding carboxylic acids is 2. The van der Waals surface area contributed by atoms with Crippen molar-refractivity contribution in [3.05, 3.63) is 29.3 Å². The molecule has 1 aromatic rings. The van der Waals surface area contributed by atoms with Gasteiger partial charge < -0.3 is 24.6 Å². The predicted octanol–water partition coefficient (Wildman–Crippen LogP) is 2.71. The van der Waals surface area contributed by atoms with E-state index in [9.17, 15) is 14.7 Å². The van der Waals surface area contributed by atoms with Crippen LogP contribution in [0.5, 0.6) is 5.75 Å². The van der Waals surface area contributed by atoms with Crippen molar-refractivity contribution in [2.45, 2.75) is 51.9 Å². The Morgan fingerprint density at radius 3 is 2.42 bits per heavy atom. The van der Waals surface area contributed by atoms with Crippen LogP contribution >= 0.6 is 0 Å². The number of nitrogens with one attached hydrogen (secondary N) is 1. The molecule has 2 N–H and O–H groups in total. The van der Waals surface area contributed by atoms with Crippen molar-refractivity contribution in [1.82, 2.24) is 5.32 Å². The Bertz CT molecular complexity index is 675. The molecule has 0 bridgehead atoms. The lowest BCUT2D eigenvalue weighted by Crippen LogP contribution is -2.32. The Kier molecular flexibility index (Phi) is 5.81. The standard InChI is InChI=1S/C19H27NO6/c1-18(2,3)26-17(23)20-11-13-10-12(6-7-14(13)24-4)15(21)19(8-9-19)16(22)25-5/h6-7,10,15,21H,8-9,11H2,1-5H3,(H,20,23). The molecule has 2 rings (SSSR count). The van der Waals surface area contributed by atoms with Crippen LogP contribution in [0.25, 0.3) is 0 Å². The molecular weight excluding hydrogens is 338 g/mol. The van der Waals surface area contributed by atoms with Crippen LogP contribution in [0.4, 0.5) is 4.79 Å². The third-order valence-corrected chi connectivity index (χ3v) is 4.35. The predicted molar refractivity (Wildman–Crippen MR) is 94.7 cm³/mol. The van der Waals surface area contributed by atoms with Gasteiger partial charge in [0, 0.05) is 12.1 Å². The van der Waals surface area contributed by atoms with E-state index in [0.717, 1.165) is 0 Å². The van der Waals surface area contributed by atoms with Crippen LogP contribution in [0.15, 0.2) is 18.2 Å². The van der Waals surface area contributed by atoms with E-state index in [4.69, 9.17) is 14.2 Å². The van der Waals surface area contributed by atoms with Gasteiger partial charge in [0.2, 0.25) is 0 Å². The summed E-state index contributed by atoms with van der Waals surface area (Å²) in [5.41, 5.74) is -0.213. The Balaban J connectivity index is 2.16. The third-order valence-electron chi connectivity index (χ3n) is 4.35. The van der Waals surface area contributed by atoms with E-state index in [0.29, 0.717) is 29.7 Å². The lowest BCUT2D eigenvalue weighted by atomic mass is 9.91. The molecule has 26 heavy (non-hydrogen) atoms. The number of esters is 1. The van der Waals surface area contributed by atoms with Crippen molar-refractivity contribution in [1.29, 1.82) is 0 Å². The number of rotatable bonds is 6. The number of alkyl carbamates (subject to hydrolysis) is 1. The number of hydrogen-bond donors (Lipinski definition) is 2. The van der Waals surface area contributed by atoms with Gasteiger partial charge in [-0.3, -0.25) is 4.79 Å². The van der Waals surface area contributed by atoms with Crippen LogP contribution in [0.3, 0.4) is 0 Å². The van der Waals surface area contributed by atoms with Crippen LogP contribution in [-0.4, -0.2) is 37.0 Å². The SMILES string of the molecule is COC(=O)C1(C(O)c2ccc(OC)c(CNC(=O)OC(C)(C)C)c2)CC1. The number of benzene rings is 1. The van der Waals surface area contributed by atoms with Crippen molar-refractivity contribution >= 4 is 12.1 Å². The molecule has 1 fully saturated rings. The fourth-order valence-corrected chi connectivity index (χ4v) is 2.83. The van der Waals surface area contributed by atoms with E-state index in [1.165, 1.54) is 14.2 Å². The minimum Gasteiger partial charge on any atom is -0.496 e. The van der Waals surface area contributed by atoms with E-state index in [2.05, 4.69) is 5.32 Å². The van der Waals surface area contributed by atoms with Crippen LogP contribution < -0.4 is 10.1 Å². The van der Waals surface area contributed by atoms with Crippen molar-refractivity contribution < 1.29 is 28.9 Å². The summed E-state index contributed by atoms with van der Waals surface area (Å²) in [6.45, 7) is 5.52. The summed E-state index contributed by atoms with van der Waals surface area (Å²) in [7, 11) is 2.85. The molecule has 0 radical (unpaired) electrons. The smallest absolute Gasteiger partial charge is 0.407 e. The molecule has 0 aliphatic heterocycles. The average Bonchev–Trinajstić information content (AvgIpc) is 3.38. The fraction of sp³-hybridized carbons (Fsp3) is 0.579. The number of amides is 1. The maximum atomic E-state index is 12.0. The van der Waals surface area contributed by atoms with Gasteiger partial charge in [0.1, 0.15) is 11.4 Å². The van der Waals surface area contributed by atoms with E-state index in [1.807, 2.05) is 0 Å². The van der Waals surface area contributed by atoms with Gasteiger partial charge in [0.15, 0.2) is 0 Å². The lowest BCUT2D eigenvalue weighted by molar-refractivity contribution is -0.152. The molecule has 1 aliphatic carbocycles. The maximum Gasteiger partial charge on any atom is 0.407 e. The van der Waals surface area contributed by atoms with Gasteiger partial charge in [-0.1, -0.05) is 6.07 Å². The molecule has 1 aliphatic rings. The van der Waals surface area contributed by atoms with Crippen LogP contribution in [0, 0.1) is 5.41 Å². The second-order valence-corrected chi connectivity index (χ2v) is 7.48. The molecular formula is C19H27NO6. The zero-order valence-corrected chi connectivity index (χ0v) is 15.9. The quantitative estimate of drug-likeness (QED) is 0.753. The highest BCUT2D eigenvalue weighted by Gasteiger charge is 2.57. The monoisotopic (exact) mass is 365 g/mol. The lowest BCUT2D eigenvalue weighted by Gasteiger charge is -2.22. The molecule has 7 nitrogen and oxygen atoms in total. The highest BCUT2D eigenvalue weighted by molar-refractivity contribution is 5.81. The summed E-state index contributed by atoms with van der Waals surface area (Å²) in [4.78, 5) is 23.8. The molecule has 1 aromatic carbocycles. The first kappa shape index (κ1) is 20.0. The molecule has 1 amide bonds. The van der Waals surface area contributed by atoms with E-state index in [1.54, 1.807) is 39.0 Å². The number of aliphatic hydroxyl groups is 1. The average molecular weight is 365 g/mol. The zero-order valence-electron chi connectivity index (χ0n) is 15.9. The number of hydrogen-bond acceptors (Lipinski definition) is 6. The van der Waals surface area contributed by atoms with Gasteiger partial charge in [-0.2, -0.15) is 0 Å². The molecule has 0 heterocycles. The summed E-state index contributed by atoms with van der Waals surface area (Å²) in [6, 6.07) is 5.14. The van der Waals surface area contributed by atoms with Gasteiger partial charge in [-0.15, -0.1) is 0 Å². The Morgan fingerprint density at radius 1 is 1.27 bits per heavy atom. The molecule has 0 spiro atoms. The highest BCUT2D eigenvalue weighted by Crippen LogP contribution is 2.56. The van der Waals surface area contributed by atoms with E-state index in [-0.39, 0.29) is 6.54 Å². The normalized spacial score (nSPS) is 16.4. The van der Waals surface area contributed by atoms with Crippen LogP contribution in [0.1, 0.15) is 50.8 Å². The maximum absolute atomic E-state index is 12.0. The first-order chi connectivity index (χ1) is 12.1. The third kappa shape index (κ3) is 4.46. The number of aliphatic hydroxyl groups excluding tert-OH is 1. The van der Waals surface area contributed by atoms with Gasteiger partial charge in [-0.05, 0) is 51.3 Å². The highest BCUT2D eigenvalue weighted by atomic mass is 16.6. The van der Waals surface area contributed by atoms with Gasteiger partial charge in [-0.25, -0.2) is 4.79 Å². The Hall–Kier alpha value is -2.28. The topological polar surface area (TPSA) is 94.1 Å². The van der Waals surface area contributed by atoms with Gasteiger partial charge in [0.05, 0.1) is 25.7 Å². The largest absolute Gasteiger partial charge is 0.496 e. The molecule has 144 valence electrons. The van der Waals surface area contributed by atoms with Crippen molar-refractivity contribution in [2.24, 2.45) is 5.41 Å². The summed E-state index contributed by atoms with van der Waals surface area (Å²) in [6.07, 6.45) is -0.351. The van der Waals surface area contributed by atoms with Crippen molar-refractivity contribution in [3.8, 4) is 5.75 Å². The molecule has 0 saturated heterocycles.